The topological polar surface area (TPSA) is 35.6 Å². The molecule has 1 N–H and O–H groups in total. The van der Waals surface area contributed by atoms with Gasteiger partial charge in [0.15, 0.2) is 5.78 Å². The maximum absolute atomic E-state index is 11.9. The standard InChI is InChI=1S/C14H21N3O/c1-11(18)14-12(15-2)5-4-6-13(14)17-9-7-16(3)8-10-17/h4-6,15H,7-10H2,1-3H3. The van der Waals surface area contributed by atoms with Gasteiger partial charge in [0.1, 0.15) is 0 Å². The number of nitrogens with zero attached hydrogens (tertiary/aromatic N) is 2. The van der Waals surface area contributed by atoms with Crippen LogP contribution in [-0.2, 0) is 0 Å². The molecule has 0 spiro atoms. The van der Waals surface area contributed by atoms with Crippen LogP contribution in [0.3, 0.4) is 0 Å². The van der Waals surface area contributed by atoms with Crippen molar-refractivity contribution in [3.8, 4) is 0 Å². The molecular formula is C14H21N3O. The van der Waals surface area contributed by atoms with Gasteiger partial charge in [0, 0.05) is 44.6 Å². The van der Waals surface area contributed by atoms with E-state index < -0.39 is 0 Å². The minimum absolute atomic E-state index is 0.119. The largest absolute Gasteiger partial charge is 0.387 e. The Bertz CT molecular complexity index is 437. The molecule has 0 unspecified atom stereocenters. The second-order valence-corrected chi connectivity index (χ2v) is 4.80. The second kappa shape index (κ2) is 5.40. The van der Waals surface area contributed by atoms with E-state index in [1.54, 1.807) is 6.92 Å². The average molecular weight is 247 g/mol. The fourth-order valence-corrected chi connectivity index (χ4v) is 2.43. The lowest BCUT2D eigenvalue weighted by atomic mass is 10.0. The highest BCUT2D eigenvalue weighted by Gasteiger charge is 2.20. The molecule has 1 aliphatic heterocycles. The number of rotatable bonds is 3. The molecule has 0 bridgehead atoms. The molecule has 0 aliphatic carbocycles. The zero-order valence-corrected chi connectivity index (χ0v) is 11.4. The first-order valence-electron chi connectivity index (χ1n) is 6.38. The third-order valence-corrected chi connectivity index (χ3v) is 3.51. The summed E-state index contributed by atoms with van der Waals surface area (Å²) in [6.07, 6.45) is 0. The quantitative estimate of drug-likeness (QED) is 0.824. The van der Waals surface area contributed by atoms with Crippen LogP contribution in [0.25, 0.3) is 0 Å². The van der Waals surface area contributed by atoms with E-state index in [2.05, 4.69) is 22.2 Å². The highest BCUT2D eigenvalue weighted by molar-refractivity contribution is 6.05. The first-order chi connectivity index (χ1) is 8.63. The Labute approximate surface area is 109 Å². The summed E-state index contributed by atoms with van der Waals surface area (Å²) < 4.78 is 0. The van der Waals surface area contributed by atoms with Gasteiger partial charge in [-0.2, -0.15) is 0 Å². The molecule has 1 saturated heterocycles. The molecule has 0 saturated carbocycles. The van der Waals surface area contributed by atoms with E-state index in [-0.39, 0.29) is 5.78 Å². The van der Waals surface area contributed by atoms with Crippen LogP contribution in [0.2, 0.25) is 0 Å². The third kappa shape index (κ3) is 2.48. The Hall–Kier alpha value is -1.55. The molecule has 0 aromatic heterocycles. The number of piperazine rings is 1. The summed E-state index contributed by atoms with van der Waals surface area (Å²) in [5, 5.41) is 3.11. The van der Waals surface area contributed by atoms with Crippen LogP contribution < -0.4 is 10.2 Å². The van der Waals surface area contributed by atoms with E-state index in [1.165, 1.54) is 0 Å². The number of Topliss-reactive ketones (excluding diaryl/α,β-unsaturated/α-hetero) is 1. The summed E-state index contributed by atoms with van der Waals surface area (Å²) >= 11 is 0. The van der Waals surface area contributed by atoms with Crippen LogP contribution in [0.1, 0.15) is 17.3 Å². The van der Waals surface area contributed by atoms with Crippen LogP contribution in [0.5, 0.6) is 0 Å². The number of hydrogen-bond donors (Lipinski definition) is 1. The van der Waals surface area contributed by atoms with Crippen molar-refractivity contribution in [3.05, 3.63) is 23.8 Å². The summed E-state index contributed by atoms with van der Waals surface area (Å²) in [5.74, 6) is 0.119. The van der Waals surface area contributed by atoms with Gasteiger partial charge in [0.2, 0.25) is 0 Å². The Kier molecular flexibility index (Phi) is 3.87. The highest BCUT2D eigenvalue weighted by atomic mass is 16.1. The van der Waals surface area contributed by atoms with Crippen molar-refractivity contribution in [1.29, 1.82) is 0 Å². The molecule has 0 amide bonds. The van der Waals surface area contributed by atoms with Gasteiger partial charge in [0.05, 0.1) is 5.56 Å². The zero-order chi connectivity index (χ0) is 13.1. The number of carbonyl (C=O) groups is 1. The summed E-state index contributed by atoms with van der Waals surface area (Å²) in [6, 6.07) is 6.01. The molecule has 18 heavy (non-hydrogen) atoms. The van der Waals surface area contributed by atoms with Crippen molar-refractivity contribution in [2.45, 2.75) is 6.92 Å². The van der Waals surface area contributed by atoms with E-state index in [4.69, 9.17) is 0 Å². The smallest absolute Gasteiger partial charge is 0.163 e. The van der Waals surface area contributed by atoms with Gasteiger partial charge in [-0.15, -0.1) is 0 Å². The van der Waals surface area contributed by atoms with E-state index in [0.29, 0.717) is 0 Å². The Balaban J connectivity index is 2.35. The molecule has 4 nitrogen and oxygen atoms in total. The number of likely N-dealkylation sites (N-methyl/N-ethyl adjacent to an activating group) is 1. The van der Waals surface area contributed by atoms with Gasteiger partial charge in [0.25, 0.3) is 0 Å². The average Bonchev–Trinajstić information content (AvgIpc) is 2.38. The lowest BCUT2D eigenvalue weighted by Gasteiger charge is -2.35. The number of nitrogens with one attached hydrogen (secondary N) is 1. The lowest BCUT2D eigenvalue weighted by molar-refractivity contribution is 0.101. The zero-order valence-electron chi connectivity index (χ0n) is 11.4. The summed E-state index contributed by atoms with van der Waals surface area (Å²) in [4.78, 5) is 16.5. The van der Waals surface area contributed by atoms with E-state index in [9.17, 15) is 4.79 Å². The predicted octanol–water partition coefficient (Wildman–Crippen LogP) is 1.68. The third-order valence-electron chi connectivity index (χ3n) is 3.51. The maximum Gasteiger partial charge on any atom is 0.163 e. The van der Waals surface area contributed by atoms with E-state index >= 15 is 0 Å². The summed E-state index contributed by atoms with van der Waals surface area (Å²) in [6.45, 7) is 5.67. The van der Waals surface area contributed by atoms with Gasteiger partial charge in [-0.05, 0) is 26.1 Å². The van der Waals surface area contributed by atoms with Crippen molar-refractivity contribution in [3.63, 3.8) is 0 Å². The molecule has 98 valence electrons. The Morgan fingerprint density at radius 1 is 1.22 bits per heavy atom. The Morgan fingerprint density at radius 3 is 2.44 bits per heavy atom. The van der Waals surface area contributed by atoms with Crippen LogP contribution >= 0.6 is 0 Å². The van der Waals surface area contributed by atoms with Crippen LogP contribution in [-0.4, -0.2) is 51.0 Å². The molecule has 4 heteroatoms. The van der Waals surface area contributed by atoms with Crippen LogP contribution in [0, 0.1) is 0 Å². The van der Waals surface area contributed by atoms with Crippen molar-refractivity contribution < 1.29 is 4.79 Å². The van der Waals surface area contributed by atoms with E-state index in [0.717, 1.165) is 43.1 Å². The van der Waals surface area contributed by atoms with Gasteiger partial charge < -0.3 is 15.1 Å². The molecule has 1 heterocycles. The number of anilines is 2. The van der Waals surface area contributed by atoms with Gasteiger partial charge in [-0.1, -0.05) is 6.07 Å². The predicted molar refractivity (Wildman–Crippen MR) is 75.7 cm³/mol. The maximum atomic E-state index is 11.9. The number of hydrogen-bond acceptors (Lipinski definition) is 4. The monoisotopic (exact) mass is 247 g/mol. The molecular weight excluding hydrogens is 226 g/mol. The molecule has 1 aromatic carbocycles. The normalized spacial score (nSPS) is 16.7. The van der Waals surface area contributed by atoms with Crippen LogP contribution in [0.4, 0.5) is 11.4 Å². The molecule has 0 radical (unpaired) electrons. The van der Waals surface area contributed by atoms with Crippen LogP contribution in [0.15, 0.2) is 18.2 Å². The van der Waals surface area contributed by atoms with Gasteiger partial charge in [-0.25, -0.2) is 0 Å². The molecule has 1 aromatic rings. The first kappa shape index (κ1) is 12.9. The lowest BCUT2D eigenvalue weighted by Crippen LogP contribution is -2.45. The van der Waals surface area contributed by atoms with Crippen molar-refractivity contribution in [1.82, 2.24) is 4.90 Å². The number of carbonyl (C=O) groups excluding carboxylic acids is 1. The summed E-state index contributed by atoms with van der Waals surface area (Å²) in [5.41, 5.74) is 2.78. The summed E-state index contributed by atoms with van der Waals surface area (Å²) in [7, 11) is 3.99. The SMILES string of the molecule is CNc1cccc(N2CCN(C)CC2)c1C(C)=O. The first-order valence-corrected chi connectivity index (χ1v) is 6.38. The van der Waals surface area contributed by atoms with Gasteiger partial charge in [-0.3, -0.25) is 4.79 Å². The van der Waals surface area contributed by atoms with Gasteiger partial charge >= 0.3 is 0 Å². The molecule has 2 rings (SSSR count). The number of ketones is 1. The fraction of sp³-hybridized carbons (Fsp3) is 0.500. The van der Waals surface area contributed by atoms with Crippen molar-refractivity contribution in [2.75, 3.05) is 50.5 Å². The molecule has 1 aliphatic rings. The fourth-order valence-electron chi connectivity index (χ4n) is 2.43. The highest BCUT2D eigenvalue weighted by Crippen LogP contribution is 2.28. The minimum Gasteiger partial charge on any atom is -0.387 e. The molecule has 1 fully saturated rings. The number of benzene rings is 1. The van der Waals surface area contributed by atoms with Crippen molar-refractivity contribution in [2.24, 2.45) is 0 Å². The molecule has 0 atom stereocenters. The second-order valence-electron chi connectivity index (χ2n) is 4.80. The van der Waals surface area contributed by atoms with Crippen molar-refractivity contribution >= 4 is 17.2 Å². The Morgan fingerprint density at radius 2 is 1.89 bits per heavy atom. The van der Waals surface area contributed by atoms with E-state index in [1.807, 2.05) is 25.2 Å². The minimum atomic E-state index is 0.119.